The average molecular weight is 583 g/mol. The quantitative estimate of drug-likeness (QED) is 0.132. The first-order valence-corrected chi connectivity index (χ1v) is 17.1. The Kier molecular flexibility index (Phi) is 8.93. The molecule has 5 aromatic carbocycles. The molecule has 0 bridgehead atoms. The Morgan fingerprint density at radius 3 is 1.90 bits per heavy atom. The number of rotatable bonds is 7. The monoisotopic (exact) mass is 582 g/mol. The molecule has 3 unspecified atom stereocenters. The van der Waals surface area contributed by atoms with Crippen LogP contribution in [0.1, 0.15) is 43.2 Å². The first-order valence-electron chi connectivity index (χ1n) is 14.5. The molecule has 0 aliphatic heterocycles. The van der Waals surface area contributed by atoms with Gasteiger partial charge in [0.15, 0.2) is 0 Å². The van der Waals surface area contributed by atoms with Gasteiger partial charge in [-0.1, -0.05) is 60.7 Å². The van der Waals surface area contributed by atoms with Crippen molar-refractivity contribution in [3.8, 4) is 0 Å². The second kappa shape index (κ2) is 13.1. The van der Waals surface area contributed by atoms with Crippen molar-refractivity contribution in [2.75, 3.05) is 0 Å². The Morgan fingerprint density at radius 1 is 0.610 bits per heavy atom. The van der Waals surface area contributed by atoms with E-state index >= 15 is 0 Å². The van der Waals surface area contributed by atoms with Gasteiger partial charge in [0.25, 0.3) is 0 Å². The molecule has 0 spiro atoms. The third-order valence-corrected chi connectivity index (χ3v) is 13.5. The zero-order chi connectivity index (χ0) is 27.9. The summed E-state index contributed by atoms with van der Waals surface area (Å²) in [6.07, 6.45) is 12.0. The molecule has 2 heteroatoms. The van der Waals surface area contributed by atoms with E-state index in [0.717, 1.165) is 21.4 Å². The predicted molar refractivity (Wildman–Crippen MR) is 175 cm³/mol. The average Bonchev–Trinajstić information content (AvgIpc) is 3.60. The fourth-order valence-corrected chi connectivity index (χ4v) is 11.4. The molecule has 0 aromatic heterocycles. The molecule has 0 amide bonds. The van der Waals surface area contributed by atoms with Crippen LogP contribution in [0.4, 0.5) is 0 Å². The van der Waals surface area contributed by atoms with E-state index < -0.39 is 0 Å². The summed E-state index contributed by atoms with van der Waals surface area (Å²) in [5.74, 6) is 0. The number of hydrogen-bond donors (Lipinski definition) is 0. The Morgan fingerprint density at radius 2 is 1.20 bits per heavy atom. The van der Waals surface area contributed by atoms with Gasteiger partial charge in [-0.3, -0.25) is 0 Å². The molecule has 7 rings (SSSR count). The van der Waals surface area contributed by atoms with Gasteiger partial charge in [0.1, 0.15) is 0 Å². The minimum absolute atomic E-state index is 0.204. The van der Waals surface area contributed by atoms with Gasteiger partial charge in [-0.15, -0.1) is 0 Å². The van der Waals surface area contributed by atoms with Crippen molar-refractivity contribution in [2.45, 2.75) is 27.4 Å². The van der Waals surface area contributed by atoms with Gasteiger partial charge in [-0.25, -0.2) is 0 Å². The Balaban J connectivity index is 0.000000182. The first kappa shape index (κ1) is 27.9. The molecule has 0 N–H and O–H groups in total. The molecule has 0 fully saturated rings. The van der Waals surface area contributed by atoms with E-state index in [-0.39, 0.29) is 22.6 Å². The molecule has 2 aliphatic rings. The molecular weight excluding hydrogens is 547 g/mol. The standard InChI is InChI=1S/C16H14P.C14H14.C9H7.Ti/c1-12-6-2-5-9-15(12)17-16-11-10-13-7-3-4-8-14(13)16;1-3-7-13(8-4-1)11-12-14-9-5-2-6-10-14;1-2-5-9-7-3-6-8(9)4-1;/h2-11,17H,1H3;1-10H,11-12H2;1-7H;. The fourth-order valence-electron chi connectivity index (χ4n) is 5.70. The van der Waals surface area contributed by atoms with Crippen LogP contribution in [0.25, 0.3) is 12.2 Å². The van der Waals surface area contributed by atoms with Crippen LogP contribution < -0.4 is 5.30 Å². The van der Waals surface area contributed by atoms with Crippen LogP contribution in [0.3, 0.4) is 0 Å². The van der Waals surface area contributed by atoms with Crippen molar-refractivity contribution < 1.29 is 19.2 Å². The van der Waals surface area contributed by atoms with Crippen molar-refractivity contribution in [3.63, 3.8) is 0 Å². The maximum absolute atomic E-state index is 2.54. The topological polar surface area (TPSA) is 0 Å². The van der Waals surface area contributed by atoms with Gasteiger partial charge in [0, 0.05) is 0 Å². The number of allylic oxidation sites excluding steroid dienone is 2. The van der Waals surface area contributed by atoms with Gasteiger partial charge in [-0.05, 0) is 24.0 Å². The van der Waals surface area contributed by atoms with Crippen LogP contribution in [0.15, 0.2) is 146 Å². The molecular formula is C39H35PTi. The zero-order valence-electron chi connectivity index (χ0n) is 23.5. The fraction of sp³-hybridized carbons (Fsp3) is 0.128. The molecule has 0 radical (unpaired) electrons. The molecule has 0 heterocycles. The summed E-state index contributed by atoms with van der Waals surface area (Å²) in [7, 11) is 0.793. The summed E-state index contributed by atoms with van der Waals surface area (Å²) in [6.45, 7) is 2.26. The smallest absolute Gasteiger partial charge is 0.0238 e. The normalized spacial score (nSPS) is 18.1. The first-order chi connectivity index (χ1) is 20.2. The van der Waals surface area contributed by atoms with Crippen molar-refractivity contribution in [1.29, 1.82) is 0 Å². The third kappa shape index (κ3) is 6.63. The second-order valence-electron chi connectivity index (χ2n) is 10.7. The molecule has 3 atom stereocenters. The summed E-state index contributed by atoms with van der Waals surface area (Å²) in [5.41, 5.74) is 10.1. The maximum atomic E-state index is 2.54. The van der Waals surface area contributed by atoms with E-state index in [1.54, 1.807) is 5.56 Å². The number of benzene rings is 5. The second-order valence-corrected chi connectivity index (χ2v) is 15.8. The Labute approximate surface area is 256 Å². The molecule has 2 aliphatic carbocycles. The van der Waals surface area contributed by atoms with Gasteiger partial charge >= 0.3 is 173 Å². The van der Waals surface area contributed by atoms with Crippen LogP contribution in [-0.4, -0.2) is 0 Å². The van der Waals surface area contributed by atoms with Crippen LogP contribution in [-0.2, 0) is 35.5 Å². The summed E-state index contributed by atoms with van der Waals surface area (Å²) < 4.78 is 0.809. The van der Waals surface area contributed by atoms with E-state index in [2.05, 4.69) is 165 Å². The van der Waals surface area contributed by atoms with Crippen LogP contribution in [0.2, 0.25) is 0 Å². The molecule has 0 nitrogen and oxygen atoms in total. The van der Waals surface area contributed by atoms with Gasteiger partial charge in [-0.2, -0.15) is 0 Å². The van der Waals surface area contributed by atoms with Crippen molar-refractivity contribution in [3.05, 3.63) is 185 Å². The summed E-state index contributed by atoms with van der Waals surface area (Å²) in [6, 6.07) is 48.1. The van der Waals surface area contributed by atoms with E-state index in [1.807, 2.05) is 0 Å². The molecule has 0 saturated carbocycles. The van der Waals surface area contributed by atoms with Crippen molar-refractivity contribution in [1.82, 2.24) is 0 Å². The minimum Gasteiger partial charge on any atom is -0.0622 e. The molecule has 0 saturated heterocycles. The Hall–Kier alpha value is -3.28. The number of aryl methyl sites for hydroxylation is 3. The van der Waals surface area contributed by atoms with Crippen molar-refractivity contribution >= 4 is 26.0 Å². The third-order valence-electron chi connectivity index (χ3n) is 7.95. The minimum atomic E-state index is -0.320. The number of hydrogen-bond acceptors (Lipinski definition) is 0. The Bertz CT molecular complexity index is 1610. The maximum Gasteiger partial charge on any atom is -0.0238 e. The van der Waals surface area contributed by atoms with Crippen LogP contribution >= 0.6 is 8.58 Å². The molecule has 5 aromatic rings. The summed E-state index contributed by atoms with van der Waals surface area (Å²) in [4.78, 5) is 0. The van der Waals surface area contributed by atoms with E-state index in [9.17, 15) is 0 Å². The number of fused-ring (bicyclic) bond motifs is 2. The van der Waals surface area contributed by atoms with E-state index in [4.69, 9.17) is 0 Å². The zero-order valence-corrected chi connectivity index (χ0v) is 26.1. The van der Waals surface area contributed by atoms with Gasteiger partial charge in [0.2, 0.25) is 0 Å². The largest absolute Gasteiger partial charge is 0.0622 e. The summed E-state index contributed by atoms with van der Waals surface area (Å²) in [5, 5.41) is 1.51. The van der Waals surface area contributed by atoms with E-state index in [0.29, 0.717) is 4.22 Å². The molecule has 200 valence electrons. The van der Waals surface area contributed by atoms with E-state index in [1.165, 1.54) is 38.7 Å². The van der Waals surface area contributed by atoms with Crippen LogP contribution in [0.5, 0.6) is 0 Å². The van der Waals surface area contributed by atoms with Crippen molar-refractivity contribution in [2.24, 2.45) is 0 Å². The van der Waals surface area contributed by atoms with Gasteiger partial charge in [0.05, 0.1) is 0 Å². The van der Waals surface area contributed by atoms with Gasteiger partial charge < -0.3 is 0 Å². The summed E-state index contributed by atoms with van der Waals surface area (Å²) >= 11 is -0.320. The SMILES string of the molecule is Cc1ccccc1P[C]1([Ti][CH]2C=Cc3ccccc32)C=Cc2ccccc21.c1ccc(CCc2ccccc2)cc1. The van der Waals surface area contributed by atoms with Crippen LogP contribution in [0, 0.1) is 6.92 Å². The predicted octanol–water partition coefficient (Wildman–Crippen LogP) is 9.50. The molecule has 41 heavy (non-hydrogen) atoms.